The number of benzene rings is 3. The quantitative estimate of drug-likeness (QED) is 0.397. The first-order chi connectivity index (χ1) is 15.7. The Morgan fingerprint density at radius 1 is 0.969 bits per heavy atom. The molecule has 1 heterocycles. The van der Waals surface area contributed by atoms with E-state index in [1.807, 2.05) is 78.9 Å². The smallest absolute Gasteiger partial charge is 0.227 e. The fraction of sp³-hybridized carbons (Fsp3) is 0.250. The van der Waals surface area contributed by atoms with E-state index in [2.05, 4.69) is 6.07 Å². The molecule has 0 radical (unpaired) electrons. The van der Waals surface area contributed by atoms with Crippen molar-refractivity contribution in [3.05, 3.63) is 96.4 Å². The van der Waals surface area contributed by atoms with E-state index in [1.165, 1.54) is 0 Å². The van der Waals surface area contributed by atoms with E-state index in [1.54, 1.807) is 7.11 Å². The summed E-state index contributed by atoms with van der Waals surface area (Å²) >= 11 is 0. The van der Waals surface area contributed by atoms with Crippen molar-refractivity contribution >= 4 is 0 Å². The SMILES string of the molecule is COc1cccc(C[C@@H]2CCC[C@]2(O)c2nc(-c3ccccc3)c(-c3ccccc3)o2)c1. The van der Waals surface area contributed by atoms with E-state index in [4.69, 9.17) is 14.1 Å². The van der Waals surface area contributed by atoms with E-state index in [9.17, 15) is 5.11 Å². The lowest BCUT2D eigenvalue weighted by Crippen LogP contribution is -2.32. The van der Waals surface area contributed by atoms with Gasteiger partial charge in [-0.2, -0.15) is 0 Å². The van der Waals surface area contributed by atoms with Crippen LogP contribution in [0.1, 0.15) is 30.7 Å². The Hall–Kier alpha value is -3.37. The number of methoxy groups -OCH3 is 1. The molecule has 0 aliphatic heterocycles. The molecular weight excluding hydrogens is 398 g/mol. The molecule has 0 spiro atoms. The van der Waals surface area contributed by atoms with Gasteiger partial charge in [0.1, 0.15) is 17.0 Å². The van der Waals surface area contributed by atoms with Crippen LogP contribution in [-0.2, 0) is 12.0 Å². The molecule has 4 aromatic rings. The van der Waals surface area contributed by atoms with Gasteiger partial charge in [-0.05, 0) is 43.4 Å². The number of hydrogen-bond acceptors (Lipinski definition) is 4. The molecule has 2 atom stereocenters. The first kappa shape index (κ1) is 20.5. The van der Waals surface area contributed by atoms with Gasteiger partial charge in [0.25, 0.3) is 0 Å². The van der Waals surface area contributed by atoms with E-state index < -0.39 is 5.60 Å². The van der Waals surface area contributed by atoms with Crippen molar-refractivity contribution in [3.63, 3.8) is 0 Å². The Kier molecular flexibility index (Phi) is 5.54. The number of oxazole rings is 1. The predicted octanol–water partition coefficient (Wildman–Crippen LogP) is 6.25. The molecular formula is C28H27NO3. The zero-order valence-corrected chi connectivity index (χ0v) is 18.2. The highest BCUT2D eigenvalue weighted by Crippen LogP contribution is 2.47. The normalized spacial score (nSPS) is 20.4. The molecule has 1 aliphatic carbocycles. The highest BCUT2D eigenvalue weighted by molar-refractivity contribution is 5.76. The predicted molar refractivity (Wildman–Crippen MR) is 125 cm³/mol. The van der Waals surface area contributed by atoms with Crippen molar-refractivity contribution in [2.75, 3.05) is 7.11 Å². The maximum Gasteiger partial charge on any atom is 0.227 e. The van der Waals surface area contributed by atoms with E-state index >= 15 is 0 Å². The van der Waals surface area contributed by atoms with Crippen molar-refractivity contribution < 1.29 is 14.3 Å². The lowest BCUT2D eigenvalue weighted by molar-refractivity contribution is -0.0264. The third kappa shape index (κ3) is 3.82. The first-order valence-electron chi connectivity index (χ1n) is 11.1. The number of nitrogens with zero attached hydrogens (tertiary/aromatic N) is 1. The van der Waals surface area contributed by atoms with Crippen molar-refractivity contribution in [2.45, 2.75) is 31.3 Å². The van der Waals surface area contributed by atoms with Crippen LogP contribution in [0.15, 0.2) is 89.3 Å². The second-order valence-electron chi connectivity index (χ2n) is 8.50. The highest BCUT2D eigenvalue weighted by Gasteiger charge is 2.47. The maximum atomic E-state index is 11.9. The molecule has 0 amide bonds. The van der Waals surface area contributed by atoms with Crippen molar-refractivity contribution in [1.29, 1.82) is 0 Å². The fourth-order valence-corrected chi connectivity index (χ4v) is 4.78. The average Bonchev–Trinajstić information content (AvgIpc) is 3.46. The third-order valence-corrected chi connectivity index (χ3v) is 6.48. The summed E-state index contributed by atoms with van der Waals surface area (Å²) in [6.07, 6.45) is 3.26. The highest BCUT2D eigenvalue weighted by atomic mass is 16.5. The van der Waals surface area contributed by atoms with Crippen LogP contribution in [0.4, 0.5) is 0 Å². The first-order valence-corrected chi connectivity index (χ1v) is 11.1. The zero-order valence-electron chi connectivity index (χ0n) is 18.2. The molecule has 5 rings (SSSR count). The molecule has 1 fully saturated rings. The molecule has 4 nitrogen and oxygen atoms in total. The lowest BCUT2D eigenvalue weighted by Gasteiger charge is -2.27. The topological polar surface area (TPSA) is 55.5 Å². The van der Waals surface area contributed by atoms with Gasteiger partial charge in [-0.3, -0.25) is 0 Å². The lowest BCUT2D eigenvalue weighted by atomic mass is 9.85. The second-order valence-corrected chi connectivity index (χ2v) is 8.50. The molecule has 3 aromatic carbocycles. The van der Waals surface area contributed by atoms with Crippen LogP contribution < -0.4 is 4.74 Å². The van der Waals surface area contributed by atoms with E-state index in [0.717, 1.165) is 47.4 Å². The maximum absolute atomic E-state index is 11.9. The molecule has 0 saturated heterocycles. The van der Waals surface area contributed by atoms with Gasteiger partial charge in [-0.1, -0.05) is 72.8 Å². The molecule has 1 N–H and O–H groups in total. The number of aliphatic hydroxyl groups is 1. The van der Waals surface area contributed by atoms with Gasteiger partial charge < -0.3 is 14.3 Å². The van der Waals surface area contributed by atoms with Gasteiger partial charge >= 0.3 is 0 Å². The van der Waals surface area contributed by atoms with Crippen LogP contribution in [-0.4, -0.2) is 17.2 Å². The Balaban J connectivity index is 1.55. The minimum Gasteiger partial charge on any atom is -0.497 e. The summed E-state index contributed by atoms with van der Waals surface area (Å²) in [5.74, 6) is 1.98. The summed E-state index contributed by atoms with van der Waals surface area (Å²) in [7, 11) is 1.67. The van der Waals surface area contributed by atoms with Crippen LogP contribution in [0.3, 0.4) is 0 Å². The second kappa shape index (κ2) is 8.64. The Bertz CT molecular complexity index is 1130. The summed E-state index contributed by atoms with van der Waals surface area (Å²) in [6, 6.07) is 28.1. The summed E-state index contributed by atoms with van der Waals surface area (Å²) in [5, 5.41) is 11.9. The van der Waals surface area contributed by atoms with E-state index in [0.29, 0.717) is 18.1 Å². The summed E-state index contributed by atoms with van der Waals surface area (Å²) < 4.78 is 11.7. The van der Waals surface area contributed by atoms with Gasteiger partial charge in [-0.25, -0.2) is 4.98 Å². The van der Waals surface area contributed by atoms with Gasteiger partial charge in [-0.15, -0.1) is 0 Å². The standard InChI is InChI=1S/C28H27NO3/c1-31-24-16-8-10-20(19-24)18-23-15-9-17-28(23,30)27-29-25(21-11-4-2-5-12-21)26(32-27)22-13-6-3-7-14-22/h2-8,10-14,16,19,23,30H,9,15,17-18H2,1H3/t23-,28+/m0/s1. The number of aromatic nitrogens is 1. The van der Waals surface area contributed by atoms with Crippen LogP contribution in [0.25, 0.3) is 22.6 Å². The zero-order chi connectivity index (χ0) is 22.0. The summed E-state index contributed by atoms with van der Waals surface area (Å²) in [5.41, 5.74) is 2.75. The van der Waals surface area contributed by atoms with Gasteiger partial charge in [0, 0.05) is 17.0 Å². The van der Waals surface area contributed by atoms with Crippen molar-refractivity contribution in [1.82, 2.24) is 4.98 Å². The van der Waals surface area contributed by atoms with Crippen LogP contribution in [0.5, 0.6) is 5.75 Å². The van der Waals surface area contributed by atoms with Gasteiger partial charge in [0.15, 0.2) is 5.76 Å². The molecule has 1 aromatic heterocycles. The Morgan fingerprint density at radius 2 is 1.69 bits per heavy atom. The van der Waals surface area contributed by atoms with E-state index in [-0.39, 0.29) is 5.92 Å². The van der Waals surface area contributed by atoms with Crippen molar-refractivity contribution in [3.8, 4) is 28.3 Å². The monoisotopic (exact) mass is 425 g/mol. The van der Waals surface area contributed by atoms with Crippen LogP contribution in [0, 0.1) is 5.92 Å². The average molecular weight is 426 g/mol. The number of rotatable bonds is 6. The number of hydrogen-bond donors (Lipinski definition) is 1. The molecule has 1 saturated carbocycles. The largest absolute Gasteiger partial charge is 0.497 e. The molecule has 162 valence electrons. The third-order valence-electron chi connectivity index (χ3n) is 6.48. The van der Waals surface area contributed by atoms with Crippen LogP contribution >= 0.6 is 0 Å². The van der Waals surface area contributed by atoms with Gasteiger partial charge in [0.2, 0.25) is 5.89 Å². The molecule has 0 bridgehead atoms. The molecule has 4 heteroatoms. The molecule has 1 aliphatic rings. The van der Waals surface area contributed by atoms with Gasteiger partial charge in [0.05, 0.1) is 7.11 Å². The van der Waals surface area contributed by atoms with Crippen LogP contribution in [0.2, 0.25) is 0 Å². The Labute approximate surface area is 188 Å². The fourth-order valence-electron chi connectivity index (χ4n) is 4.78. The van der Waals surface area contributed by atoms with Crippen molar-refractivity contribution in [2.24, 2.45) is 5.92 Å². The molecule has 0 unspecified atom stereocenters. The molecule has 32 heavy (non-hydrogen) atoms. The summed E-state index contributed by atoms with van der Waals surface area (Å²) in [4.78, 5) is 4.89. The summed E-state index contributed by atoms with van der Waals surface area (Å²) in [6.45, 7) is 0. The minimum atomic E-state index is -1.10. The number of ether oxygens (including phenoxy) is 1. The minimum absolute atomic E-state index is 0.0282. The Morgan fingerprint density at radius 3 is 2.41 bits per heavy atom.